The Bertz CT molecular complexity index is 617. The second-order valence-corrected chi connectivity index (χ2v) is 5.10. The SMILES string of the molecule is Cc1cc(C(O)Cc2cccc(C(F)(F)F)c2)cc(C)n1. The first-order chi connectivity index (χ1) is 9.75. The molecule has 0 spiro atoms. The van der Waals surface area contributed by atoms with Crippen LogP contribution in [0.1, 0.15) is 34.2 Å². The molecule has 21 heavy (non-hydrogen) atoms. The summed E-state index contributed by atoms with van der Waals surface area (Å²) in [5.41, 5.74) is 1.96. The van der Waals surface area contributed by atoms with Gasteiger partial charge in [-0.1, -0.05) is 18.2 Å². The summed E-state index contributed by atoms with van der Waals surface area (Å²) in [6.07, 6.45) is -5.09. The molecule has 0 saturated heterocycles. The Balaban J connectivity index is 2.21. The summed E-state index contributed by atoms with van der Waals surface area (Å²) in [6.45, 7) is 3.63. The molecule has 1 unspecified atom stereocenters. The van der Waals surface area contributed by atoms with Gasteiger partial charge in [-0.05, 0) is 43.2 Å². The fourth-order valence-corrected chi connectivity index (χ4v) is 2.27. The third kappa shape index (κ3) is 4.04. The molecule has 1 atom stereocenters. The Hall–Kier alpha value is -1.88. The van der Waals surface area contributed by atoms with Crippen molar-refractivity contribution in [2.24, 2.45) is 0 Å². The molecule has 1 aromatic carbocycles. The van der Waals surface area contributed by atoms with Crippen LogP contribution in [0.3, 0.4) is 0 Å². The third-order valence-electron chi connectivity index (χ3n) is 3.17. The summed E-state index contributed by atoms with van der Waals surface area (Å²) in [5.74, 6) is 0. The number of aryl methyl sites for hydroxylation is 2. The minimum Gasteiger partial charge on any atom is -0.388 e. The van der Waals surface area contributed by atoms with Gasteiger partial charge in [0, 0.05) is 17.8 Å². The van der Waals surface area contributed by atoms with Gasteiger partial charge < -0.3 is 5.11 Å². The maximum Gasteiger partial charge on any atom is 0.416 e. The highest BCUT2D eigenvalue weighted by Crippen LogP contribution is 2.30. The van der Waals surface area contributed by atoms with Crippen LogP contribution in [0.15, 0.2) is 36.4 Å². The van der Waals surface area contributed by atoms with E-state index in [1.165, 1.54) is 6.07 Å². The number of pyridine rings is 1. The molecule has 0 radical (unpaired) electrons. The van der Waals surface area contributed by atoms with E-state index in [4.69, 9.17) is 0 Å². The van der Waals surface area contributed by atoms with Crippen molar-refractivity contribution >= 4 is 0 Å². The first-order valence-corrected chi connectivity index (χ1v) is 6.55. The number of aromatic nitrogens is 1. The summed E-state index contributed by atoms with van der Waals surface area (Å²) in [4.78, 5) is 4.21. The average molecular weight is 295 g/mol. The molecule has 0 bridgehead atoms. The van der Waals surface area contributed by atoms with E-state index in [1.54, 1.807) is 18.2 Å². The van der Waals surface area contributed by atoms with Crippen LogP contribution < -0.4 is 0 Å². The van der Waals surface area contributed by atoms with Crippen molar-refractivity contribution in [2.45, 2.75) is 32.5 Å². The van der Waals surface area contributed by atoms with Crippen molar-refractivity contribution in [1.82, 2.24) is 4.98 Å². The molecule has 112 valence electrons. The number of benzene rings is 1. The highest BCUT2D eigenvalue weighted by Gasteiger charge is 2.30. The summed E-state index contributed by atoms with van der Waals surface area (Å²) in [7, 11) is 0. The van der Waals surface area contributed by atoms with E-state index in [0.29, 0.717) is 11.1 Å². The molecule has 0 saturated carbocycles. The zero-order valence-corrected chi connectivity index (χ0v) is 11.8. The van der Waals surface area contributed by atoms with Gasteiger partial charge in [0.15, 0.2) is 0 Å². The first kappa shape index (κ1) is 15.5. The predicted molar refractivity (Wildman–Crippen MR) is 73.8 cm³/mol. The zero-order chi connectivity index (χ0) is 15.6. The van der Waals surface area contributed by atoms with E-state index < -0.39 is 17.8 Å². The fraction of sp³-hybridized carbons (Fsp3) is 0.312. The minimum atomic E-state index is -4.37. The molecule has 1 aromatic heterocycles. The maximum atomic E-state index is 12.7. The molecular formula is C16H16F3NO. The van der Waals surface area contributed by atoms with Crippen LogP contribution >= 0.6 is 0 Å². The second-order valence-electron chi connectivity index (χ2n) is 5.10. The van der Waals surface area contributed by atoms with Crippen molar-refractivity contribution in [3.8, 4) is 0 Å². The van der Waals surface area contributed by atoms with Crippen LogP contribution in [0.2, 0.25) is 0 Å². The van der Waals surface area contributed by atoms with Gasteiger partial charge >= 0.3 is 6.18 Å². The lowest BCUT2D eigenvalue weighted by Crippen LogP contribution is -2.07. The number of aliphatic hydroxyl groups excluding tert-OH is 1. The van der Waals surface area contributed by atoms with Gasteiger partial charge in [0.1, 0.15) is 0 Å². The highest BCUT2D eigenvalue weighted by atomic mass is 19.4. The number of alkyl halides is 3. The Morgan fingerprint density at radius 3 is 2.29 bits per heavy atom. The summed E-state index contributed by atoms with van der Waals surface area (Å²) >= 11 is 0. The number of nitrogens with zero attached hydrogens (tertiary/aromatic N) is 1. The van der Waals surface area contributed by atoms with Crippen LogP contribution in [-0.4, -0.2) is 10.1 Å². The molecule has 5 heteroatoms. The Morgan fingerprint density at radius 1 is 1.10 bits per heavy atom. The van der Waals surface area contributed by atoms with Crippen LogP contribution in [-0.2, 0) is 12.6 Å². The van der Waals surface area contributed by atoms with Gasteiger partial charge in [0.25, 0.3) is 0 Å². The Morgan fingerprint density at radius 2 is 1.71 bits per heavy atom. The molecular weight excluding hydrogens is 279 g/mol. The summed E-state index contributed by atoms with van der Waals surface area (Å²) in [5, 5.41) is 10.2. The van der Waals surface area contributed by atoms with E-state index in [2.05, 4.69) is 4.98 Å². The number of hydrogen-bond acceptors (Lipinski definition) is 2. The molecule has 0 fully saturated rings. The van der Waals surface area contributed by atoms with Crippen molar-refractivity contribution < 1.29 is 18.3 Å². The van der Waals surface area contributed by atoms with E-state index in [9.17, 15) is 18.3 Å². The molecule has 0 aliphatic carbocycles. The van der Waals surface area contributed by atoms with Crippen molar-refractivity contribution in [3.63, 3.8) is 0 Å². The average Bonchev–Trinajstić information content (AvgIpc) is 2.37. The number of hydrogen-bond donors (Lipinski definition) is 1. The number of halogens is 3. The van der Waals surface area contributed by atoms with Crippen molar-refractivity contribution in [1.29, 1.82) is 0 Å². The van der Waals surface area contributed by atoms with E-state index in [-0.39, 0.29) is 6.42 Å². The standard InChI is InChI=1S/C16H16F3NO/c1-10-6-13(7-11(2)20-10)15(21)9-12-4-3-5-14(8-12)16(17,18)19/h3-8,15,21H,9H2,1-2H3. The Labute approximate surface area is 121 Å². The fourth-order valence-electron chi connectivity index (χ4n) is 2.27. The molecule has 2 aromatic rings. The lowest BCUT2D eigenvalue weighted by molar-refractivity contribution is -0.137. The van der Waals surface area contributed by atoms with Gasteiger partial charge in [-0.2, -0.15) is 13.2 Å². The van der Waals surface area contributed by atoms with E-state index in [1.807, 2.05) is 13.8 Å². The lowest BCUT2D eigenvalue weighted by Gasteiger charge is -2.14. The second kappa shape index (κ2) is 5.85. The molecule has 1 N–H and O–H groups in total. The van der Waals surface area contributed by atoms with E-state index in [0.717, 1.165) is 23.5 Å². The zero-order valence-electron chi connectivity index (χ0n) is 11.8. The van der Waals surface area contributed by atoms with Crippen molar-refractivity contribution in [2.75, 3.05) is 0 Å². The highest BCUT2D eigenvalue weighted by molar-refractivity contribution is 5.29. The minimum absolute atomic E-state index is 0.132. The van der Waals surface area contributed by atoms with Crippen LogP contribution in [0.4, 0.5) is 13.2 Å². The smallest absolute Gasteiger partial charge is 0.388 e. The Kier molecular flexibility index (Phi) is 4.32. The quantitative estimate of drug-likeness (QED) is 0.928. The number of aliphatic hydroxyl groups is 1. The van der Waals surface area contributed by atoms with Crippen LogP contribution in [0, 0.1) is 13.8 Å². The summed E-state index contributed by atoms with van der Waals surface area (Å²) < 4.78 is 38.0. The number of rotatable bonds is 3. The normalized spacial score (nSPS) is 13.2. The molecule has 0 amide bonds. The van der Waals surface area contributed by atoms with Gasteiger partial charge in [0.2, 0.25) is 0 Å². The largest absolute Gasteiger partial charge is 0.416 e. The molecule has 2 rings (SSSR count). The van der Waals surface area contributed by atoms with Crippen LogP contribution in [0.5, 0.6) is 0 Å². The summed E-state index contributed by atoms with van der Waals surface area (Å²) in [6, 6.07) is 8.52. The molecule has 0 aliphatic rings. The van der Waals surface area contributed by atoms with Gasteiger partial charge in [-0.3, -0.25) is 4.98 Å². The lowest BCUT2D eigenvalue weighted by atomic mass is 9.99. The first-order valence-electron chi connectivity index (χ1n) is 6.55. The predicted octanol–water partition coefficient (Wildman–Crippen LogP) is 3.99. The molecule has 0 aliphatic heterocycles. The van der Waals surface area contributed by atoms with Crippen LogP contribution in [0.25, 0.3) is 0 Å². The maximum absolute atomic E-state index is 12.7. The topological polar surface area (TPSA) is 33.1 Å². The van der Waals surface area contributed by atoms with E-state index >= 15 is 0 Å². The molecule has 2 nitrogen and oxygen atoms in total. The van der Waals surface area contributed by atoms with Gasteiger partial charge in [-0.25, -0.2) is 0 Å². The monoisotopic (exact) mass is 295 g/mol. The van der Waals surface area contributed by atoms with Gasteiger partial charge in [-0.15, -0.1) is 0 Å². The van der Waals surface area contributed by atoms with Crippen molar-refractivity contribution in [3.05, 3.63) is 64.5 Å². The van der Waals surface area contributed by atoms with Gasteiger partial charge in [0.05, 0.1) is 11.7 Å². The molecule has 1 heterocycles. The third-order valence-corrected chi connectivity index (χ3v) is 3.17.